The Bertz CT molecular complexity index is 495. The Morgan fingerprint density at radius 3 is 2.90 bits per heavy atom. The van der Waals surface area contributed by atoms with E-state index in [1.54, 1.807) is 11.8 Å². The molecule has 3 nitrogen and oxygen atoms in total. The van der Waals surface area contributed by atoms with Gasteiger partial charge < -0.3 is 10.4 Å². The molecular weight excluding hydrogens is 350 g/mol. The summed E-state index contributed by atoms with van der Waals surface area (Å²) in [6, 6.07) is 6.23. The Morgan fingerprint density at radius 2 is 2.19 bits per heavy atom. The maximum Gasteiger partial charge on any atom is 0.230 e. The largest absolute Gasteiger partial charge is 0.396 e. The van der Waals surface area contributed by atoms with E-state index in [4.69, 9.17) is 0 Å². The number of rotatable bonds is 5. The van der Waals surface area contributed by atoms with Crippen LogP contribution in [0.5, 0.6) is 0 Å². The summed E-state index contributed by atoms with van der Waals surface area (Å²) in [7, 11) is 0. The normalized spacial score (nSPS) is 22.0. The Kier molecular flexibility index (Phi) is 6.58. The van der Waals surface area contributed by atoms with Gasteiger partial charge in [-0.15, -0.1) is 11.8 Å². The van der Waals surface area contributed by atoms with E-state index in [1.165, 1.54) is 5.56 Å². The van der Waals surface area contributed by atoms with Crippen molar-refractivity contribution in [3.05, 3.63) is 28.2 Å². The van der Waals surface area contributed by atoms with Crippen molar-refractivity contribution in [3.63, 3.8) is 0 Å². The van der Waals surface area contributed by atoms with Gasteiger partial charge in [0.2, 0.25) is 5.91 Å². The summed E-state index contributed by atoms with van der Waals surface area (Å²) in [6.45, 7) is 2.22. The van der Waals surface area contributed by atoms with E-state index >= 15 is 0 Å². The number of aliphatic hydroxyl groups excluding tert-OH is 1. The van der Waals surface area contributed by atoms with Crippen LogP contribution in [0.1, 0.15) is 31.2 Å². The van der Waals surface area contributed by atoms with Gasteiger partial charge in [0.25, 0.3) is 0 Å². The standard InChI is InChI=1S/C16H22BrNO2S/c1-11-8-13(17)6-7-15(11)21-10-16(20)18-14-5-3-2-4-12(14)9-19/h6-8,12,14,19H,2-5,9-10H2,1H3,(H,18,20). The quantitative estimate of drug-likeness (QED) is 0.778. The second kappa shape index (κ2) is 8.20. The third-order valence-electron chi connectivity index (χ3n) is 3.99. The molecule has 0 spiro atoms. The van der Waals surface area contributed by atoms with Gasteiger partial charge in [-0.1, -0.05) is 28.8 Å². The molecule has 2 N–H and O–H groups in total. The molecule has 116 valence electrons. The predicted octanol–water partition coefficient (Wildman–Crippen LogP) is 3.52. The fourth-order valence-corrected chi connectivity index (χ4v) is 4.08. The average molecular weight is 372 g/mol. The van der Waals surface area contributed by atoms with Crippen LogP contribution in [-0.4, -0.2) is 29.4 Å². The number of hydrogen-bond donors (Lipinski definition) is 2. The summed E-state index contributed by atoms with van der Waals surface area (Å²) in [5, 5.41) is 12.5. The van der Waals surface area contributed by atoms with Gasteiger partial charge in [-0.2, -0.15) is 0 Å². The minimum atomic E-state index is 0.0627. The summed E-state index contributed by atoms with van der Waals surface area (Å²) in [5.74, 6) is 0.715. The highest BCUT2D eigenvalue weighted by Gasteiger charge is 2.25. The van der Waals surface area contributed by atoms with Gasteiger partial charge in [0.05, 0.1) is 5.75 Å². The number of carbonyl (C=O) groups excluding carboxylic acids is 1. The molecule has 1 aromatic carbocycles. The van der Waals surface area contributed by atoms with Crippen molar-refractivity contribution in [2.45, 2.75) is 43.5 Å². The molecule has 0 radical (unpaired) electrons. The molecule has 0 heterocycles. The van der Waals surface area contributed by atoms with E-state index in [0.717, 1.165) is 35.1 Å². The van der Waals surface area contributed by atoms with Crippen LogP contribution in [0.2, 0.25) is 0 Å². The highest BCUT2D eigenvalue weighted by atomic mass is 79.9. The first-order valence-corrected chi connectivity index (χ1v) is 9.17. The zero-order valence-electron chi connectivity index (χ0n) is 12.3. The van der Waals surface area contributed by atoms with Crippen LogP contribution in [0, 0.1) is 12.8 Å². The molecular formula is C16H22BrNO2S. The molecule has 1 aliphatic rings. The van der Waals surface area contributed by atoms with Crippen molar-refractivity contribution in [2.75, 3.05) is 12.4 Å². The minimum Gasteiger partial charge on any atom is -0.396 e. The molecule has 2 unspecified atom stereocenters. The number of thioether (sulfide) groups is 1. The van der Waals surface area contributed by atoms with E-state index in [-0.39, 0.29) is 24.5 Å². The number of hydrogen-bond acceptors (Lipinski definition) is 3. The van der Waals surface area contributed by atoms with Crippen LogP contribution in [0.15, 0.2) is 27.6 Å². The van der Waals surface area contributed by atoms with Gasteiger partial charge in [0.15, 0.2) is 0 Å². The van der Waals surface area contributed by atoms with Crippen molar-refractivity contribution in [2.24, 2.45) is 5.92 Å². The molecule has 1 aliphatic carbocycles. The number of halogens is 1. The number of carbonyl (C=O) groups is 1. The van der Waals surface area contributed by atoms with Crippen molar-refractivity contribution >= 4 is 33.6 Å². The lowest BCUT2D eigenvalue weighted by molar-refractivity contribution is -0.120. The van der Waals surface area contributed by atoms with Gasteiger partial charge in [-0.3, -0.25) is 4.79 Å². The number of aryl methyl sites for hydroxylation is 1. The van der Waals surface area contributed by atoms with Crippen LogP contribution in [0.3, 0.4) is 0 Å². The monoisotopic (exact) mass is 371 g/mol. The molecule has 2 rings (SSSR count). The molecule has 1 aromatic rings. The first kappa shape index (κ1) is 16.8. The lowest BCUT2D eigenvalue weighted by atomic mass is 9.85. The predicted molar refractivity (Wildman–Crippen MR) is 90.6 cm³/mol. The van der Waals surface area contributed by atoms with Crippen LogP contribution < -0.4 is 5.32 Å². The second-order valence-corrected chi connectivity index (χ2v) is 7.53. The zero-order valence-corrected chi connectivity index (χ0v) is 14.7. The summed E-state index contributed by atoms with van der Waals surface area (Å²) in [5.41, 5.74) is 1.17. The molecule has 0 bridgehead atoms. The Labute approximate surface area is 139 Å². The summed E-state index contributed by atoms with van der Waals surface area (Å²) in [4.78, 5) is 13.2. The molecule has 21 heavy (non-hydrogen) atoms. The van der Waals surface area contributed by atoms with Crippen molar-refractivity contribution in [3.8, 4) is 0 Å². The van der Waals surface area contributed by atoms with E-state index < -0.39 is 0 Å². The number of amides is 1. The Morgan fingerprint density at radius 1 is 1.43 bits per heavy atom. The van der Waals surface area contributed by atoms with Gasteiger partial charge in [-0.25, -0.2) is 0 Å². The third kappa shape index (κ3) is 5.01. The fraction of sp³-hybridized carbons (Fsp3) is 0.562. The Balaban J connectivity index is 1.84. The van der Waals surface area contributed by atoms with E-state index in [0.29, 0.717) is 5.75 Å². The minimum absolute atomic E-state index is 0.0627. The first-order valence-electron chi connectivity index (χ1n) is 7.39. The average Bonchev–Trinajstić information content (AvgIpc) is 2.47. The molecule has 0 aromatic heterocycles. The maximum atomic E-state index is 12.1. The fourth-order valence-electron chi connectivity index (χ4n) is 2.78. The smallest absolute Gasteiger partial charge is 0.230 e. The van der Waals surface area contributed by atoms with Crippen LogP contribution >= 0.6 is 27.7 Å². The lowest BCUT2D eigenvalue weighted by Gasteiger charge is -2.30. The number of nitrogens with one attached hydrogen (secondary N) is 1. The SMILES string of the molecule is Cc1cc(Br)ccc1SCC(=O)NC1CCCCC1CO. The van der Waals surface area contributed by atoms with E-state index in [1.807, 2.05) is 19.1 Å². The molecule has 1 fully saturated rings. The number of aliphatic hydroxyl groups is 1. The van der Waals surface area contributed by atoms with Gasteiger partial charge in [0, 0.05) is 27.9 Å². The third-order valence-corrected chi connectivity index (χ3v) is 5.65. The molecule has 1 saturated carbocycles. The van der Waals surface area contributed by atoms with E-state index in [2.05, 4.69) is 27.3 Å². The van der Waals surface area contributed by atoms with Crippen LogP contribution in [0.4, 0.5) is 0 Å². The summed E-state index contributed by atoms with van der Waals surface area (Å²) in [6.07, 6.45) is 4.30. The van der Waals surface area contributed by atoms with Gasteiger partial charge in [-0.05, 0) is 43.5 Å². The molecule has 5 heteroatoms. The Hall–Kier alpha value is -0.520. The molecule has 1 amide bonds. The lowest BCUT2D eigenvalue weighted by Crippen LogP contribution is -2.44. The zero-order chi connectivity index (χ0) is 15.2. The highest BCUT2D eigenvalue weighted by Crippen LogP contribution is 2.26. The van der Waals surface area contributed by atoms with Crippen LogP contribution in [-0.2, 0) is 4.79 Å². The topological polar surface area (TPSA) is 49.3 Å². The van der Waals surface area contributed by atoms with Crippen molar-refractivity contribution in [1.29, 1.82) is 0 Å². The van der Waals surface area contributed by atoms with Crippen LogP contribution in [0.25, 0.3) is 0 Å². The molecule has 0 saturated heterocycles. The second-order valence-electron chi connectivity index (χ2n) is 5.60. The molecule has 2 atom stereocenters. The maximum absolute atomic E-state index is 12.1. The summed E-state index contributed by atoms with van der Waals surface area (Å²) < 4.78 is 1.06. The van der Waals surface area contributed by atoms with Crippen molar-refractivity contribution in [1.82, 2.24) is 5.32 Å². The van der Waals surface area contributed by atoms with Crippen molar-refractivity contribution < 1.29 is 9.90 Å². The summed E-state index contributed by atoms with van der Waals surface area (Å²) >= 11 is 5.01. The molecule has 0 aliphatic heterocycles. The van der Waals surface area contributed by atoms with Gasteiger partial charge in [0.1, 0.15) is 0 Å². The first-order chi connectivity index (χ1) is 10.1. The highest BCUT2D eigenvalue weighted by molar-refractivity contribution is 9.10. The van der Waals surface area contributed by atoms with Gasteiger partial charge >= 0.3 is 0 Å². The van der Waals surface area contributed by atoms with E-state index in [9.17, 15) is 9.90 Å². The number of benzene rings is 1.